The number of amides is 3. The molecule has 0 saturated heterocycles. The second-order valence-corrected chi connectivity index (χ2v) is 9.38. The summed E-state index contributed by atoms with van der Waals surface area (Å²) in [5, 5.41) is 2.65. The standard InChI is InChI=1S/C24H21N3O5S/c1-33(31,32)26-21-10-6-5-9-20(21)25-22(28)17-11-12-18-19(15-17)24(30)27(23(18)29)14-13-16-7-3-2-4-8-16/h2-12,15,26H,13-14H2,1H3,(H,25,28). The van der Waals surface area contributed by atoms with Crippen LogP contribution in [0.5, 0.6) is 0 Å². The third kappa shape index (κ3) is 4.93. The van der Waals surface area contributed by atoms with E-state index in [1.807, 2.05) is 30.3 Å². The van der Waals surface area contributed by atoms with Crippen molar-refractivity contribution in [2.75, 3.05) is 22.8 Å². The summed E-state index contributed by atoms with van der Waals surface area (Å²) in [4.78, 5) is 39.6. The van der Waals surface area contributed by atoms with Crippen LogP contribution in [-0.2, 0) is 16.4 Å². The first-order valence-corrected chi connectivity index (χ1v) is 12.0. The lowest BCUT2D eigenvalue weighted by molar-refractivity contribution is 0.0656. The van der Waals surface area contributed by atoms with Gasteiger partial charge in [-0.15, -0.1) is 0 Å². The molecule has 33 heavy (non-hydrogen) atoms. The van der Waals surface area contributed by atoms with E-state index in [9.17, 15) is 22.8 Å². The Hall–Kier alpha value is -3.98. The van der Waals surface area contributed by atoms with E-state index in [-0.39, 0.29) is 40.5 Å². The van der Waals surface area contributed by atoms with Gasteiger partial charge >= 0.3 is 0 Å². The number of hydrogen-bond donors (Lipinski definition) is 2. The van der Waals surface area contributed by atoms with Crippen molar-refractivity contribution in [1.82, 2.24) is 4.90 Å². The molecule has 3 aromatic rings. The first kappa shape index (κ1) is 22.2. The summed E-state index contributed by atoms with van der Waals surface area (Å²) < 4.78 is 25.5. The third-order valence-corrected chi connectivity index (χ3v) is 5.76. The maximum atomic E-state index is 12.9. The Morgan fingerprint density at radius 3 is 2.18 bits per heavy atom. The number of sulfonamides is 1. The Labute approximate surface area is 191 Å². The zero-order valence-corrected chi connectivity index (χ0v) is 18.6. The van der Waals surface area contributed by atoms with Crippen LogP contribution in [0.25, 0.3) is 0 Å². The average Bonchev–Trinajstić information content (AvgIpc) is 3.02. The summed E-state index contributed by atoms with van der Waals surface area (Å²) in [6.07, 6.45) is 1.54. The van der Waals surface area contributed by atoms with E-state index in [1.54, 1.807) is 18.2 Å². The summed E-state index contributed by atoms with van der Waals surface area (Å²) in [5.74, 6) is -1.37. The Balaban J connectivity index is 1.52. The Bertz CT molecular complexity index is 1350. The number of imide groups is 1. The number of carbonyl (C=O) groups excluding carboxylic acids is 3. The van der Waals surface area contributed by atoms with Gasteiger partial charge in [0.05, 0.1) is 28.8 Å². The van der Waals surface area contributed by atoms with Gasteiger partial charge in [-0.1, -0.05) is 42.5 Å². The van der Waals surface area contributed by atoms with E-state index in [1.165, 1.54) is 29.2 Å². The third-order valence-electron chi connectivity index (χ3n) is 5.17. The van der Waals surface area contributed by atoms with Gasteiger partial charge in [-0.2, -0.15) is 0 Å². The fourth-order valence-electron chi connectivity index (χ4n) is 3.60. The van der Waals surface area contributed by atoms with Crippen molar-refractivity contribution in [3.63, 3.8) is 0 Å². The number of rotatable bonds is 7. The van der Waals surface area contributed by atoms with Crippen molar-refractivity contribution in [2.24, 2.45) is 0 Å². The van der Waals surface area contributed by atoms with E-state index >= 15 is 0 Å². The summed E-state index contributed by atoms with van der Waals surface area (Å²) >= 11 is 0. The van der Waals surface area contributed by atoms with Crippen molar-refractivity contribution < 1.29 is 22.8 Å². The topological polar surface area (TPSA) is 113 Å². The normalized spacial score (nSPS) is 13.1. The molecule has 0 fully saturated rings. The van der Waals surface area contributed by atoms with E-state index in [2.05, 4.69) is 10.0 Å². The molecule has 3 amide bonds. The minimum atomic E-state index is -3.54. The molecule has 168 valence electrons. The number of para-hydroxylation sites is 2. The van der Waals surface area contributed by atoms with Crippen molar-refractivity contribution in [1.29, 1.82) is 0 Å². The highest BCUT2D eigenvalue weighted by Crippen LogP contribution is 2.26. The molecule has 0 atom stereocenters. The highest BCUT2D eigenvalue weighted by atomic mass is 32.2. The van der Waals surface area contributed by atoms with Crippen LogP contribution in [0.4, 0.5) is 11.4 Å². The second-order valence-electron chi connectivity index (χ2n) is 7.63. The van der Waals surface area contributed by atoms with E-state index in [0.717, 1.165) is 11.8 Å². The summed E-state index contributed by atoms with van der Waals surface area (Å²) in [6.45, 7) is 0.239. The van der Waals surface area contributed by atoms with Gasteiger partial charge < -0.3 is 5.32 Å². The van der Waals surface area contributed by atoms with Crippen LogP contribution >= 0.6 is 0 Å². The van der Waals surface area contributed by atoms with Gasteiger partial charge in [0.1, 0.15) is 0 Å². The quantitative estimate of drug-likeness (QED) is 0.523. The van der Waals surface area contributed by atoms with Crippen LogP contribution in [0, 0.1) is 0 Å². The van der Waals surface area contributed by atoms with Crippen molar-refractivity contribution in [2.45, 2.75) is 6.42 Å². The van der Waals surface area contributed by atoms with Crippen molar-refractivity contribution >= 4 is 39.1 Å². The molecule has 0 spiro atoms. The van der Waals surface area contributed by atoms with Crippen molar-refractivity contribution in [3.05, 3.63) is 95.1 Å². The minimum absolute atomic E-state index is 0.170. The molecule has 9 heteroatoms. The summed E-state index contributed by atoms with van der Waals surface area (Å²) in [6, 6.07) is 20.2. The molecular formula is C24H21N3O5S. The molecule has 4 rings (SSSR count). The molecule has 0 saturated carbocycles. The number of benzene rings is 3. The number of hydrogen-bond acceptors (Lipinski definition) is 5. The number of carbonyl (C=O) groups is 3. The highest BCUT2D eigenvalue weighted by Gasteiger charge is 2.35. The van der Waals surface area contributed by atoms with Crippen LogP contribution < -0.4 is 10.0 Å². The first-order chi connectivity index (χ1) is 15.7. The van der Waals surface area contributed by atoms with Crippen LogP contribution in [0.3, 0.4) is 0 Å². The van der Waals surface area contributed by atoms with Crippen LogP contribution in [0.2, 0.25) is 0 Å². The Kier molecular flexibility index (Phi) is 5.97. The van der Waals surface area contributed by atoms with E-state index in [0.29, 0.717) is 6.42 Å². The molecule has 8 nitrogen and oxygen atoms in total. The average molecular weight is 464 g/mol. The van der Waals surface area contributed by atoms with Crippen LogP contribution in [0.1, 0.15) is 36.6 Å². The minimum Gasteiger partial charge on any atom is -0.320 e. The molecule has 0 aromatic heterocycles. The van der Waals surface area contributed by atoms with Crippen LogP contribution in [-0.4, -0.2) is 43.8 Å². The van der Waals surface area contributed by atoms with Gasteiger partial charge in [0.25, 0.3) is 17.7 Å². The van der Waals surface area contributed by atoms with Gasteiger partial charge in [0.15, 0.2) is 0 Å². The summed E-state index contributed by atoms with van der Waals surface area (Å²) in [5.41, 5.74) is 2.09. The number of anilines is 2. The molecule has 0 bridgehead atoms. The van der Waals surface area contributed by atoms with Crippen molar-refractivity contribution in [3.8, 4) is 0 Å². The lowest BCUT2D eigenvalue weighted by Gasteiger charge is -2.13. The predicted octanol–water partition coefficient (Wildman–Crippen LogP) is 3.15. The predicted molar refractivity (Wildman–Crippen MR) is 125 cm³/mol. The molecule has 1 aliphatic heterocycles. The SMILES string of the molecule is CS(=O)(=O)Nc1ccccc1NC(=O)c1ccc2c(c1)C(=O)N(CCc1ccccc1)C2=O. The smallest absolute Gasteiger partial charge is 0.261 e. The zero-order chi connectivity index (χ0) is 23.6. The fraction of sp³-hybridized carbons (Fsp3) is 0.125. The lowest BCUT2D eigenvalue weighted by Crippen LogP contribution is -2.31. The lowest BCUT2D eigenvalue weighted by atomic mass is 10.1. The number of nitrogens with one attached hydrogen (secondary N) is 2. The second kappa shape index (κ2) is 8.87. The van der Waals surface area contributed by atoms with Gasteiger partial charge in [-0.25, -0.2) is 8.42 Å². The van der Waals surface area contributed by atoms with Gasteiger partial charge in [-0.3, -0.25) is 24.0 Å². The maximum Gasteiger partial charge on any atom is 0.261 e. The Morgan fingerprint density at radius 1 is 0.848 bits per heavy atom. The molecule has 0 unspecified atom stereocenters. The molecule has 0 radical (unpaired) electrons. The monoisotopic (exact) mass is 463 g/mol. The Morgan fingerprint density at radius 2 is 1.48 bits per heavy atom. The molecular weight excluding hydrogens is 442 g/mol. The molecule has 0 aliphatic carbocycles. The highest BCUT2D eigenvalue weighted by molar-refractivity contribution is 7.92. The molecule has 1 aliphatic rings. The van der Waals surface area contributed by atoms with Gasteiger partial charge in [0.2, 0.25) is 10.0 Å². The van der Waals surface area contributed by atoms with Gasteiger partial charge in [0, 0.05) is 12.1 Å². The largest absolute Gasteiger partial charge is 0.320 e. The summed E-state index contributed by atoms with van der Waals surface area (Å²) in [7, 11) is -3.54. The fourth-order valence-corrected chi connectivity index (χ4v) is 4.17. The van der Waals surface area contributed by atoms with E-state index < -0.39 is 21.8 Å². The molecule has 3 aromatic carbocycles. The maximum absolute atomic E-state index is 12.9. The molecule has 2 N–H and O–H groups in total. The number of nitrogens with zero attached hydrogens (tertiary/aromatic N) is 1. The molecule has 1 heterocycles. The van der Waals surface area contributed by atoms with Crippen LogP contribution in [0.15, 0.2) is 72.8 Å². The van der Waals surface area contributed by atoms with Gasteiger partial charge in [-0.05, 0) is 42.3 Å². The van der Waals surface area contributed by atoms with E-state index in [4.69, 9.17) is 0 Å². The zero-order valence-electron chi connectivity index (χ0n) is 17.7. The first-order valence-electron chi connectivity index (χ1n) is 10.2. The number of fused-ring (bicyclic) bond motifs is 1.